The highest BCUT2D eigenvalue weighted by molar-refractivity contribution is 6.31. The van der Waals surface area contributed by atoms with E-state index in [9.17, 15) is 5.11 Å². The fourth-order valence-corrected chi connectivity index (χ4v) is 2.65. The van der Waals surface area contributed by atoms with Crippen LogP contribution in [-0.2, 0) is 5.41 Å². The Morgan fingerprint density at radius 3 is 2.35 bits per heavy atom. The van der Waals surface area contributed by atoms with E-state index in [1.54, 1.807) is 12.1 Å². The Morgan fingerprint density at radius 1 is 1.04 bits per heavy atom. The van der Waals surface area contributed by atoms with Gasteiger partial charge < -0.3 is 5.11 Å². The second-order valence-corrected chi connectivity index (χ2v) is 6.99. The number of aromatic hydroxyl groups is 1. The largest absolute Gasteiger partial charge is 0.505 e. The molecule has 0 fully saturated rings. The molecule has 3 rings (SSSR count). The number of aromatic nitrogens is 3. The molecule has 0 saturated heterocycles. The lowest BCUT2D eigenvalue weighted by Crippen LogP contribution is -2.13. The third-order valence-corrected chi connectivity index (χ3v) is 3.84. The molecule has 0 atom stereocenters. The first-order chi connectivity index (χ1) is 10.3. The van der Waals surface area contributed by atoms with E-state index >= 15 is 0 Å². The molecule has 0 aliphatic heterocycles. The SMILES string of the molecule is C.Cc1cc(-n2nc3ccc(Cl)cc3n2)c(O)c(C(C)(C)C)c1. The molecule has 122 valence electrons. The number of phenolic OH excluding ortho intramolecular Hbond substituents is 1. The van der Waals surface area contributed by atoms with Gasteiger partial charge in [-0.3, -0.25) is 0 Å². The van der Waals surface area contributed by atoms with Crippen LogP contribution in [0.1, 0.15) is 39.3 Å². The molecule has 0 spiro atoms. The smallest absolute Gasteiger partial charge is 0.146 e. The van der Waals surface area contributed by atoms with Crippen molar-refractivity contribution in [1.82, 2.24) is 15.0 Å². The lowest BCUT2D eigenvalue weighted by Gasteiger charge is -2.22. The molecule has 0 aliphatic rings. The summed E-state index contributed by atoms with van der Waals surface area (Å²) in [6.07, 6.45) is 0. The number of aryl methyl sites for hydroxylation is 1. The van der Waals surface area contributed by atoms with E-state index in [1.807, 2.05) is 25.1 Å². The van der Waals surface area contributed by atoms with E-state index in [2.05, 4.69) is 31.0 Å². The van der Waals surface area contributed by atoms with Crippen LogP contribution in [0.2, 0.25) is 5.02 Å². The zero-order valence-corrected chi connectivity index (χ0v) is 13.8. The average molecular weight is 332 g/mol. The molecular weight excluding hydrogens is 310 g/mol. The van der Waals surface area contributed by atoms with Crippen LogP contribution in [0.3, 0.4) is 0 Å². The molecule has 1 aromatic heterocycles. The normalized spacial score (nSPS) is 11.5. The van der Waals surface area contributed by atoms with E-state index in [0.29, 0.717) is 16.2 Å². The van der Waals surface area contributed by atoms with Crippen LogP contribution in [0.5, 0.6) is 5.75 Å². The van der Waals surface area contributed by atoms with Crippen LogP contribution < -0.4 is 0 Å². The molecule has 0 unspecified atom stereocenters. The van der Waals surface area contributed by atoms with Gasteiger partial charge in [-0.25, -0.2) is 0 Å². The van der Waals surface area contributed by atoms with Crippen molar-refractivity contribution in [2.75, 3.05) is 0 Å². The summed E-state index contributed by atoms with van der Waals surface area (Å²) >= 11 is 5.99. The third kappa shape index (κ3) is 3.17. The first kappa shape index (κ1) is 17.3. The van der Waals surface area contributed by atoms with Crippen molar-refractivity contribution in [3.05, 3.63) is 46.5 Å². The van der Waals surface area contributed by atoms with Gasteiger partial charge in [-0.15, -0.1) is 15.0 Å². The maximum atomic E-state index is 10.7. The molecule has 3 aromatic rings. The second kappa shape index (κ2) is 5.85. The lowest BCUT2D eigenvalue weighted by atomic mass is 9.85. The minimum atomic E-state index is -0.166. The van der Waals surface area contributed by atoms with Crippen LogP contribution in [0.25, 0.3) is 16.7 Å². The van der Waals surface area contributed by atoms with Gasteiger partial charge in [-0.1, -0.05) is 45.9 Å². The molecule has 0 radical (unpaired) electrons. The van der Waals surface area contributed by atoms with Gasteiger partial charge in [-0.05, 0) is 42.2 Å². The Bertz CT molecular complexity index is 863. The number of benzene rings is 2. The summed E-state index contributed by atoms with van der Waals surface area (Å²) in [5.74, 6) is 0.213. The van der Waals surface area contributed by atoms with Crippen molar-refractivity contribution in [3.8, 4) is 11.4 Å². The van der Waals surface area contributed by atoms with Gasteiger partial charge in [0.05, 0.1) is 0 Å². The lowest BCUT2D eigenvalue weighted by molar-refractivity contribution is 0.440. The zero-order chi connectivity index (χ0) is 16.1. The van der Waals surface area contributed by atoms with Gasteiger partial charge in [0, 0.05) is 10.6 Å². The Labute approximate surface area is 141 Å². The number of nitrogens with zero attached hydrogens (tertiary/aromatic N) is 3. The summed E-state index contributed by atoms with van der Waals surface area (Å²) in [4.78, 5) is 1.47. The Morgan fingerprint density at radius 2 is 1.70 bits per heavy atom. The highest BCUT2D eigenvalue weighted by Gasteiger charge is 2.22. The van der Waals surface area contributed by atoms with Crippen molar-refractivity contribution in [2.24, 2.45) is 0 Å². The third-order valence-electron chi connectivity index (χ3n) is 3.60. The van der Waals surface area contributed by atoms with E-state index in [-0.39, 0.29) is 18.6 Å². The average Bonchev–Trinajstić information content (AvgIpc) is 2.82. The standard InChI is InChI=1S/C17H18ClN3O.CH4/c1-10-7-12(17(2,3)4)16(22)15(8-10)21-19-13-6-5-11(18)9-14(13)20-21;/h5-9,22H,1-4H3;1H4. The van der Waals surface area contributed by atoms with E-state index < -0.39 is 0 Å². The summed E-state index contributed by atoms with van der Waals surface area (Å²) in [6, 6.07) is 9.24. The maximum absolute atomic E-state index is 10.7. The molecule has 2 aromatic carbocycles. The molecule has 1 heterocycles. The Balaban J connectivity index is 0.00000192. The molecular formula is C18H22ClN3O. The fraction of sp³-hybridized carbons (Fsp3) is 0.333. The molecule has 0 saturated carbocycles. The molecule has 0 bridgehead atoms. The van der Waals surface area contributed by atoms with Crippen molar-refractivity contribution in [1.29, 1.82) is 0 Å². The maximum Gasteiger partial charge on any atom is 0.146 e. The van der Waals surface area contributed by atoms with Crippen molar-refractivity contribution in [2.45, 2.75) is 40.5 Å². The van der Waals surface area contributed by atoms with Crippen LogP contribution >= 0.6 is 11.6 Å². The highest BCUT2D eigenvalue weighted by Crippen LogP contribution is 2.36. The number of rotatable bonds is 1. The number of halogens is 1. The van der Waals surface area contributed by atoms with Crippen molar-refractivity contribution in [3.63, 3.8) is 0 Å². The van der Waals surface area contributed by atoms with Gasteiger partial charge >= 0.3 is 0 Å². The van der Waals surface area contributed by atoms with E-state index in [1.165, 1.54) is 4.80 Å². The Kier molecular flexibility index (Phi) is 4.40. The minimum absolute atomic E-state index is 0. The quantitative estimate of drug-likeness (QED) is 0.681. The summed E-state index contributed by atoms with van der Waals surface area (Å²) in [6.45, 7) is 8.20. The summed E-state index contributed by atoms with van der Waals surface area (Å²) in [7, 11) is 0. The summed E-state index contributed by atoms with van der Waals surface area (Å²) < 4.78 is 0. The first-order valence-electron chi connectivity index (χ1n) is 7.13. The predicted octanol–water partition coefficient (Wildman–Crippen LogP) is 5.02. The first-order valence-corrected chi connectivity index (χ1v) is 7.50. The van der Waals surface area contributed by atoms with Gasteiger partial charge in [0.25, 0.3) is 0 Å². The molecule has 0 aliphatic carbocycles. The van der Waals surface area contributed by atoms with E-state index in [4.69, 9.17) is 11.6 Å². The van der Waals surface area contributed by atoms with Crippen LogP contribution in [0.15, 0.2) is 30.3 Å². The van der Waals surface area contributed by atoms with Gasteiger partial charge in [-0.2, -0.15) is 0 Å². The van der Waals surface area contributed by atoms with Crippen molar-refractivity contribution >= 4 is 22.6 Å². The summed E-state index contributed by atoms with van der Waals surface area (Å²) in [5, 5.41) is 20.1. The summed E-state index contributed by atoms with van der Waals surface area (Å²) in [5.41, 5.74) is 3.78. The topological polar surface area (TPSA) is 50.9 Å². The molecule has 1 N–H and O–H groups in total. The van der Waals surface area contributed by atoms with Gasteiger partial charge in [0.1, 0.15) is 22.5 Å². The molecule has 5 heteroatoms. The fourth-order valence-electron chi connectivity index (χ4n) is 2.48. The van der Waals surface area contributed by atoms with E-state index in [0.717, 1.165) is 16.6 Å². The van der Waals surface area contributed by atoms with Crippen molar-refractivity contribution < 1.29 is 5.11 Å². The number of phenols is 1. The zero-order valence-electron chi connectivity index (χ0n) is 13.1. The van der Waals surface area contributed by atoms with Crippen LogP contribution in [-0.4, -0.2) is 20.1 Å². The second-order valence-electron chi connectivity index (χ2n) is 6.55. The number of hydrogen-bond donors (Lipinski definition) is 1. The number of fused-ring (bicyclic) bond motifs is 1. The Hall–Kier alpha value is -2.07. The van der Waals surface area contributed by atoms with Gasteiger partial charge in [0.15, 0.2) is 0 Å². The van der Waals surface area contributed by atoms with Crippen LogP contribution in [0, 0.1) is 6.92 Å². The minimum Gasteiger partial charge on any atom is -0.505 e. The predicted molar refractivity (Wildman–Crippen MR) is 95.7 cm³/mol. The van der Waals surface area contributed by atoms with Gasteiger partial charge in [0.2, 0.25) is 0 Å². The molecule has 23 heavy (non-hydrogen) atoms. The highest BCUT2D eigenvalue weighted by atomic mass is 35.5. The molecule has 0 amide bonds. The molecule has 4 nitrogen and oxygen atoms in total. The monoisotopic (exact) mass is 331 g/mol. The number of hydrogen-bond acceptors (Lipinski definition) is 3. The van der Waals surface area contributed by atoms with Crippen LogP contribution in [0.4, 0.5) is 0 Å².